The van der Waals surface area contributed by atoms with E-state index in [1.54, 1.807) is 0 Å². The van der Waals surface area contributed by atoms with Gasteiger partial charge in [0, 0.05) is 37.8 Å². The molecule has 0 aliphatic carbocycles. The Bertz CT molecular complexity index is 438. The molecule has 0 aromatic carbocycles. The molecule has 1 aromatic rings. The van der Waals surface area contributed by atoms with Gasteiger partial charge < -0.3 is 15.5 Å². The van der Waals surface area contributed by atoms with Gasteiger partial charge in [-0.15, -0.1) is 0 Å². The quantitative estimate of drug-likeness (QED) is 0.794. The summed E-state index contributed by atoms with van der Waals surface area (Å²) >= 11 is 0. The molecule has 0 fully saturated rings. The molecule has 0 amide bonds. The summed E-state index contributed by atoms with van der Waals surface area (Å²) in [7, 11) is 6.27. The Morgan fingerprint density at radius 2 is 1.90 bits per heavy atom. The molecule has 0 bridgehead atoms. The number of nitrogens with zero attached hydrogens (tertiary/aromatic N) is 4. The van der Waals surface area contributed by atoms with E-state index in [2.05, 4.69) is 56.7 Å². The summed E-state index contributed by atoms with van der Waals surface area (Å²) in [5.41, 5.74) is 8.60. The maximum absolute atomic E-state index is 6.19. The summed E-state index contributed by atoms with van der Waals surface area (Å²) in [5, 5.41) is 4.63. The highest BCUT2D eigenvalue weighted by Gasteiger charge is 2.23. The normalized spacial score (nSPS) is 14.5. The van der Waals surface area contributed by atoms with Crippen LogP contribution in [0.4, 0.5) is 5.82 Å². The maximum Gasteiger partial charge on any atom is 0.130 e. The molecular weight excluding hydrogens is 262 g/mol. The average Bonchev–Trinajstić information content (AvgIpc) is 2.65. The standard InChI is InChI=1S/C16H33N5/c1-8-14(17)10-15-13(4)18-20(7)16(15)21(9-2)12(3)11-19(5)6/h12,14H,8-11,17H2,1-7H3. The predicted molar refractivity (Wildman–Crippen MR) is 91.0 cm³/mol. The van der Waals surface area contributed by atoms with Crippen molar-refractivity contribution < 1.29 is 0 Å². The number of hydrogen-bond donors (Lipinski definition) is 1. The number of rotatable bonds is 8. The van der Waals surface area contributed by atoms with E-state index in [-0.39, 0.29) is 6.04 Å². The number of anilines is 1. The van der Waals surface area contributed by atoms with Crippen molar-refractivity contribution in [2.75, 3.05) is 32.1 Å². The number of nitrogens with two attached hydrogens (primary N) is 1. The lowest BCUT2D eigenvalue weighted by Crippen LogP contribution is -2.41. The van der Waals surface area contributed by atoms with E-state index in [4.69, 9.17) is 5.73 Å². The monoisotopic (exact) mass is 295 g/mol. The van der Waals surface area contributed by atoms with Crippen molar-refractivity contribution in [3.05, 3.63) is 11.3 Å². The van der Waals surface area contributed by atoms with Crippen LogP contribution in [0.25, 0.3) is 0 Å². The molecule has 5 nitrogen and oxygen atoms in total. The minimum Gasteiger partial charge on any atom is -0.353 e. The molecule has 0 aliphatic rings. The van der Waals surface area contributed by atoms with Crippen molar-refractivity contribution in [2.45, 2.75) is 52.6 Å². The van der Waals surface area contributed by atoms with Gasteiger partial charge in [0.2, 0.25) is 0 Å². The van der Waals surface area contributed by atoms with Gasteiger partial charge in [-0.1, -0.05) is 6.92 Å². The third kappa shape index (κ3) is 4.45. The molecule has 5 heteroatoms. The second kappa shape index (κ2) is 7.80. The predicted octanol–water partition coefficient (Wildman–Crippen LogP) is 1.78. The second-order valence-corrected chi connectivity index (χ2v) is 6.28. The third-order valence-electron chi connectivity index (χ3n) is 4.08. The lowest BCUT2D eigenvalue weighted by Gasteiger charge is -2.33. The van der Waals surface area contributed by atoms with E-state index in [9.17, 15) is 0 Å². The summed E-state index contributed by atoms with van der Waals surface area (Å²) in [6, 6.07) is 0.644. The van der Waals surface area contributed by atoms with Gasteiger partial charge in [0.1, 0.15) is 5.82 Å². The zero-order chi connectivity index (χ0) is 16.2. The van der Waals surface area contributed by atoms with Crippen LogP contribution in [0.3, 0.4) is 0 Å². The summed E-state index contributed by atoms with van der Waals surface area (Å²) in [6.45, 7) is 10.7. The van der Waals surface area contributed by atoms with Crippen LogP contribution in [0.2, 0.25) is 0 Å². The lowest BCUT2D eigenvalue weighted by atomic mass is 10.0. The molecule has 0 radical (unpaired) electrons. The highest BCUT2D eigenvalue weighted by molar-refractivity contribution is 5.51. The fourth-order valence-corrected chi connectivity index (χ4v) is 2.99. The molecule has 0 aliphatic heterocycles. The largest absolute Gasteiger partial charge is 0.353 e. The summed E-state index contributed by atoms with van der Waals surface area (Å²) in [5.74, 6) is 1.23. The zero-order valence-corrected chi connectivity index (χ0v) is 14.8. The van der Waals surface area contributed by atoms with Crippen LogP contribution < -0.4 is 10.6 Å². The van der Waals surface area contributed by atoms with Gasteiger partial charge in [-0.2, -0.15) is 5.10 Å². The van der Waals surface area contributed by atoms with Crippen LogP contribution in [0.5, 0.6) is 0 Å². The molecule has 2 atom stereocenters. The van der Waals surface area contributed by atoms with Crippen LogP contribution in [-0.2, 0) is 13.5 Å². The number of aromatic nitrogens is 2. The fraction of sp³-hybridized carbons (Fsp3) is 0.812. The van der Waals surface area contributed by atoms with E-state index in [0.717, 1.165) is 31.6 Å². The second-order valence-electron chi connectivity index (χ2n) is 6.28. The molecule has 1 rings (SSSR count). The molecule has 0 saturated heterocycles. The first-order valence-electron chi connectivity index (χ1n) is 8.01. The summed E-state index contributed by atoms with van der Waals surface area (Å²) in [6.07, 6.45) is 1.89. The molecule has 2 unspecified atom stereocenters. The van der Waals surface area contributed by atoms with E-state index < -0.39 is 0 Å². The van der Waals surface area contributed by atoms with E-state index in [1.165, 1.54) is 11.4 Å². The topological polar surface area (TPSA) is 50.3 Å². The van der Waals surface area contributed by atoms with Crippen LogP contribution in [0.1, 0.15) is 38.4 Å². The van der Waals surface area contributed by atoms with Crippen molar-refractivity contribution >= 4 is 5.82 Å². The van der Waals surface area contributed by atoms with Gasteiger partial charge in [-0.05, 0) is 47.7 Å². The Kier molecular flexibility index (Phi) is 6.68. The molecule has 0 saturated carbocycles. The minimum atomic E-state index is 0.203. The molecule has 21 heavy (non-hydrogen) atoms. The van der Waals surface area contributed by atoms with Gasteiger partial charge in [-0.3, -0.25) is 4.68 Å². The van der Waals surface area contributed by atoms with Crippen LogP contribution in [0, 0.1) is 6.92 Å². The van der Waals surface area contributed by atoms with E-state index in [1.807, 2.05) is 11.7 Å². The number of likely N-dealkylation sites (N-methyl/N-ethyl adjacent to an activating group) is 2. The number of hydrogen-bond acceptors (Lipinski definition) is 4. The van der Waals surface area contributed by atoms with Crippen LogP contribution >= 0.6 is 0 Å². The average molecular weight is 295 g/mol. The smallest absolute Gasteiger partial charge is 0.130 e. The molecule has 122 valence electrons. The zero-order valence-electron chi connectivity index (χ0n) is 14.8. The highest BCUT2D eigenvalue weighted by Crippen LogP contribution is 2.26. The van der Waals surface area contributed by atoms with E-state index >= 15 is 0 Å². The Hall–Kier alpha value is -1.07. The molecule has 2 N–H and O–H groups in total. The van der Waals surface area contributed by atoms with E-state index in [0.29, 0.717) is 6.04 Å². The van der Waals surface area contributed by atoms with Gasteiger partial charge in [0.05, 0.1) is 5.69 Å². The summed E-state index contributed by atoms with van der Waals surface area (Å²) < 4.78 is 2.02. The Labute approximate surface area is 130 Å². The van der Waals surface area contributed by atoms with Crippen LogP contribution in [0.15, 0.2) is 0 Å². The van der Waals surface area contributed by atoms with Crippen molar-refractivity contribution in [1.29, 1.82) is 0 Å². The third-order valence-corrected chi connectivity index (χ3v) is 4.08. The molecular formula is C16H33N5. The van der Waals surface area contributed by atoms with Gasteiger partial charge in [0.25, 0.3) is 0 Å². The molecule has 0 spiro atoms. The Morgan fingerprint density at radius 1 is 1.29 bits per heavy atom. The molecule has 1 heterocycles. The van der Waals surface area contributed by atoms with Gasteiger partial charge in [-0.25, -0.2) is 0 Å². The Morgan fingerprint density at radius 3 is 2.38 bits per heavy atom. The first kappa shape index (κ1) is 18.0. The van der Waals surface area contributed by atoms with Gasteiger partial charge >= 0.3 is 0 Å². The SMILES string of the molecule is CCC(N)Cc1c(C)nn(C)c1N(CC)C(C)CN(C)C. The van der Waals surface area contributed by atoms with Crippen molar-refractivity contribution in [3.63, 3.8) is 0 Å². The van der Waals surface area contributed by atoms with Crippen molar-refractivity contribution in [1.82, 2.24) is 14.7 Å². The molecule has 1 aromatic heterocycles. The minimum absolute atomic E-state index is 0.203. The fourth-order valence-electron chi connectivity index (χ4n) is 2.99. The number of aryl methyl sites for hydroxylation is 2. The Balaban J connectivity index is 3.13. The lowest BCUT2D eigenvalue weighted by molar-refractivity contribution is 0.370. The maximum atomic E-state index is 6.19. The van der Waals surface area contributed by atoms with Crippen LogP contribution in [-0.4, -0.2) is 53.9 Å². The first-order chi connectivity index (χ1) is 9.81. The van der Waals surface area contributed by atoms with Crippen molar-refractivity contribution in [3.8, 4) is 0 Å². The first-order valence-corrected chi connectivity index (χ1v) is 8.01. The van der Waals surface area contributed by atoms with Crippen molar-refractivity contribution in [2.24, 2.45) is 12.8 Å². The highest BCUT2D eigenvalue weighted by atomic mass is 15.4. The summed E-state index contributed by atoms with van der Waals surface area (Å²) in [4.78, 5) is 4.67. The van der Waals surface area contributed by atoms with Gasteiger partial charge in [0.15, 0.2) is 0 Å².